The van der Waals surface area contributed by atoms with Gasteiger partial charge in [-0.05, 0) is 48.0 Å². The molecular formula is C16H18N2O3S. The van der Waals surface area contributed by atoms with Gasteiger partial charge >= 0.3 is 0 Å². The summed E-state index contributed by atoms with van der Waals surface area (Å²) < 4.78 is 5.37. The number of thioether (sulfide) groups is 1. The van der Waals surface area contributed by atoms with Crippen molar-refractivity contribution >= 4 is 34.7 Å². The Balaban J connectivity index is 1.84. The van der Waals surface area contributed by atoms with Crippen LogP contribution in [0.1, 0.15) is 11.1 Å². The predicted molar refractivity (Wildman–Crippen MR) is 87.9 cm³/mol. The first-order chi connectivity index (χ1) is 10.6. The van der Waals surface area contributed by atoms with Crippen molar-refractivity contribution < 1.29 is 14.3 Å². The Kier molecular flexibility index (Phi) is 4.22. The van der Waals surface area contributed by atoms with Crippen LogP contribution in [0.5, 0.6) is 0 Å². The molecule has 2 amide bonds. The number of imide groups is 1. The molecule has 1 aromatic carbocycles. The van der Waals surface area contributed by atoms with Gasteiger partial charge in [-0.25, -0.2) is 0 Å². The Bertz CT molecular complexity index is 651. The van der Waals surface area contributed by atoms with Crippen molar-refractivity contribution in [3.05, 3.63) is 34.2 Å². The second kappa shape index (κ2) is 6.14. The third kappa shape index (κ3) is 2.89. The van der Waals surface area contributed by atoms with Crippen LogP contribution in [0.15, 0.2) is 23.1 Å². The van der Waals surface area contributed by atoms with Gasteiger partial charge in [-0.1, -0.05) is 6.07 Å². The van der Waals surface area contributed by atoms with E-state index in [-0.39, 0.29) is 11.1 Å². The van der Waals surface area contributed by atoms with E-state index in [1.54, 1.807) is 6.08 Å². The lowest BCUT2D eigenvalue weighted by Gasteiger charge is -2.29. The molecule has 6 heteroatoms. The maximum Gasteiger partial charge on any atom is 0.293 e. The molecule has 2 aliphatic rings. The molecule has 0 N–H and O–H groups in total. The van der Waals surface area contributed by atoms with Gasteiger partial charge < -0.3 is 9.64 Å². The maximum absolute atomic E-state index is 11.9. The van der Waals surface area contributed by atoms with Crippen LogP contribution in [-0.4, -0.2) is 49.4 Å². The van der Waals surface area contributed by atoms with Crippen molar-refractivity contribution in [2.24, 2.45) is 0 Å². The lowest BCUT2D eigenvalue weighted by Crippen LogP contribution is -2.36. The van der Waals surface area contributed by atoms with Crippen molar-refractivity contribution in [3.8, 4) is 0 Å². The van der Waals surface area contributed by atoms with Crippen molar-refractivity contribution in [2.75, 3.05) is 38.3 Å². The Hall–Kier alpha value is -1.79. The zero-order valence-corrected chi connectivity index (χ0v) is 13.5. The highest BCUT2D eigenvalue weighted by Crippen LogP contribution is 2.32. The molecule has 0 spiro atoms. The van der Waals surface area contributed by atoms with Gasteiger partial charge in [0.1, 0.15) is 0 Å². The number of hydrogen-bond acceptors (Lipinski definition) is 5. The summed E-state index contributed by atoms with van der Waals surface area (Å²) in [6.07, 6.45) is 1.80. The molecule has 0 unspecified atom stereocenters. The summed E-state index contributed by atoms with van der Waals surface area (Å²) >= 11 is 0.989. The van der Waals surface area contributed by atoms with Gasteiger partial charge in [0.15, 0.2) is 0 Å². The van der Waals surface area contributed by atoms with E-state index in [2.05, 4.69) is 17.0 Å². The Labute approximate surface area is 133 Å². The molecule has 5 nitrogen and oxygen atoms in total. The lowest BCUT2D eigenvalue weighted by atomic mass is 10.1. The Morgan fingerprint density at radius 1 is 1.23 bits per heavy atom. The van der Waals surface area contributed by atoms with Crippen molar-refractivity contribution in [1.82, 2.24) is 4.90 Å². The van der Waals surface area contributed by atoms with Gasteiger partial charge in [-0.3, -0.25) is 14.5 Å². The van der Waals surface area contributed by atoms with Gasteiger partial charge in [0.25, 0.3) is 11.1 Å². The number of ether oxygens (including phenoxy) is 1. The average Bonchev–Trinajstić information content (AvgIpc) is 2.77. The third-order valence-corrected chi connectivity index (χ3v) is 4.86. The van der Waals surface area contributed by atoms with E-state index in [0.717, 1.165) is 54.1 Å². The number of anilines is 1. The number of carbonyl (C=O) groups excluding carboxylic acids is 2. The highest BCUT2D eigenvalue weighted by Gasteiger charge is 2.31. The smallest absolute Gasteiger partial charge is 0.293 e. The summed E-state index contributed by atoms with van der Waals surface area (Å²) in [5.41, 5.74) is 3.23. The molecule has 116 valence electrons. The summed E-state index contributed by atoms with van der Waals surface area (Å²) in [6.45, 7) is 5.32. The number of aryl methyl sites for hydroxylation is 1. The van der Waals surface area contributed by atoms with Crippen LogP contribution in [0.4, 0.5) is 10.5 Å². The SMILES string of the molecule is Cc1cc(N2CCOCC2)ccc1/C=C1/SC(=O)N(C)C1=O. The fourth-order valence-electron chi connectivity index (χ4n) is 2.53. The minimum atomic E-state index is -0.230. The molecule has 0 atom stereocenters. The second-order valence-corrected chi connectivity index (χ2v) is 6.37. The van der Waals surface area contributed by atoms with Crippen LogP contribution in [0.3, 0.4) is 0 Å². The minimum absolute atomic E-state index is 0.223. The van der Waals surface area contributed by atoms with Crippen LogP contribution in [0.2, 0.25) is 0 Å². The normalized spacial score (nSPS) is 21.1. The topological polar surface area (TPSA) is 49.9 Å². The molecule has 0 saturated carbocycles. The van der Waals surface area contributed by atoms with Crippen LogP contribution < -0.4 is 4.90 Å². The summed E-state index contributed by atoms with van der Waals surface area (Å²) in [5.74, 6) is -0.230. The molecule has 2 aliphatic heterocycles. The average molecular weight is 318 g/mol. The van der Waals surface area contributed by atoms with Gasteiger partial charge in [0.05, 0.1) is 18.1 Å². The number of rotatable bonds is 2. The zero-order chi connectivity index (χ0) is 15.7. The molecule has 0 radical (unpaired) electrons. The molecular weight excluding hydrogens is 300 g/mol. The molecule has 1 aromatic rings. The molecule has 0 aliphatic carbocycles. The highest BCUT2D eigenvalue weighted by atomic mass is 32.2. The lowest BCUT2D eigenvalue weighted by molar-refractivity contribution is -0.121. The minimum Gasteiger partial charge on any atom is -0.378 e. The first kappa shape index (κ1) is 15.1. The van der Waals surface area contributed by atoms with Crippen molar-refractivity contribution in [2.45, 2.75) is 6.92 Å². The van der Waals surface area contributed by atoms with Gasteiger partial charge in [0, 0.05) is 25.8 Å². The first-order valence-electron chi connectivity index (χ1n) is 7.21. The quantitative estimate of drug-likeness (QED) is 0.784. The number of morpholine rings is 1. The van der Waals surface area contributed by atoms with Crippen molar-refractivity contribution in [3.63, 3.8) is 0 Å². The van der Waals surface area contributed by atoms with E-state index in [4.69, 9.17) is 4.74 Å². The van der Waals surface area contributed by atoms with Crippen LogP contribution in [0, 0.1) is 6.92 Å². The number of hydrogen-bond donors (Lipinski definition) is 0. The highest BCUT2D eigenvalue weighted by molar-refractivity contribution is 8.18. The summed E-state index contributed by atoms with van der Waals surface area (Å²) in [5, 5.41) is -0.223. The number of amides is 2. The maximum atomic E-state index is 11.9. The summed E-state index contributed by atoms with van der Waals surface area (Å²) in [6, 6.07) is 6.18. The fraction of sp³-hybridized carbons (Fsp3) is 0.375. The van der Waals surface area contributed by atoms with E-state index < -0.39 is 0 Å². The van der Waals surface area contributed by atoms with Crippen LogP contribution in [-0.2, 0) is 9.53 Å². The standard InChI is InChI=1S/C16H18N2O3S/c1-11-9-13(18-5-7-21-8-6-18)4-3-12(11)10-14-15(19)17(2)16(20)22-14/h3-4,9-10H,5-8H2,1-2H3/b14-10+. The van der Waals surface area contributed by atoms with E-state index in [1.807, 2.05) is 13.0 Å². The van der Waals surface area contributed by atoms with E-state index in [9.17, 15) is 9.59 Å². The molecule has 2 heterocycles. The first-order valence-corrected chi connectivity index (χ1v) is 8.03. The monoisotopic (exact) mass is 318 g/mol. The van der Waals surface area contributed by atoms with Crippen molar-refractivity contribution in [1.29, 1.82) is 0 Å². The molecule has 22 heavy (non-hydrogen) atoms. The zero-order valence-electron chi connectivity index (χ0n) is 12.7. The van der Waals surface area contributed by atoms with Crippen LogP contribution in [0.25, 0.3) is 6.08 Å². The molecule has 2 fully saturated rings. The molecule has 3 rings (SSSR count). The summed E-state index contributed by atoms with van der Waals surface area (Å²) in [7, 11) is 1.51. The molecule has 2 saturated heterocycles. The number of benzene rings is 1. The second-order valence-electron chi connectivity index (χ2n) is 5.38. The van der Waals surface area contributed by atoms with Gasteiger partial charge in [-0.2, -0.15) is 0 Å². The van der Waals surface area contributed by atoms with E-state index in [0.29, 0.717) is 4.91 Å². The van der Waals surface area contributed by atoms with Gasteiger partial charge in [0.2, 0.25) is 0 Å². The largest absolute Gasteiger partial charge is 0.378 e. The fourth-order valence-corrected chi connectivity index (χ4v) is 3.34. The number of likely N-dealkylation sites (N-methyl/N-ethyl adjacent to an activating group) is 1. The third-order valence-electron chi connectivity index (χ3n) is 3.90. The summed E-state index contributed by atoms with van der Waals surface area (Å²) in [4.78, 5) is 27.4. The molecule has 0 bridgehead atoms. The molecule has 0 aromatic heterocycles. The Morgan fingerprint density at radius 2 is 1.95 bits per heavy atom. The van der Waals surface area contributed by atoms with E-state index >= 15 is 0 Å². The number of carbonyl (C=O) groups is 2. The Morgan fingerprint density at radius 3 is 2.55 bits per heavy atom. The number of nitrogens with zero attached hydrogens (tertiary/aromatic N) is 2. The predicted octanol–water partition coefficient (Wildman–Crippen LogP) is 2.50. The van der Waals surface area contributed by atoms with Gasteiger partial charge in [-0.15, -0.1) is 0 Å². The van der Waals surface area contributed by atoms with E-state index in [1.165, 1.54) is 12.7 Å². The van der Waals surface area contributed by atoms with Crippen LogP contribution >= 0.6 is 11.8 Å².